The quantitative estimate of drug-likeness (QED) is 0.747. The van der Waals surface area contributed by atoms with Crippen molar-refractivity contribution in [3.8, 4) is 11.5 Å². The number of nitrogens with one attached hydrogen (secondary N) is 2. The molecule has 5 nitrogen and oxygen atoms in total. The molecule has 2 aliphatic heterocycles. The molecule has 2 aromatic carbocycles. The third kappa shape index (κ3) is 3.69. The number of aliphatic hydroxyl groups is 1. The van der Waals surface area contributed by atoms with Crippen LogP contribution in [0.2, 0.25) is 0 Å². The van der Waals surface area contributed by atoms with Gasteiger partial charge in [-0.1, -0.05) is 36.4 Å². The molecule has 0 spiro atoms. The summed E-state index contributed by atoms with van der Waals surface area (Å²) >= 11 is 0. The first-order chi connectivity index (χ1) is 13.6. The predicted molar refractivity (Wildman–Crippen MR) is 111 cm³/mol. The minimum absolute atomic E-state index is 0.274. The van der Waals surface area contributed by atoms with E-state index in [1.165, 1.54) is 5.56 Å². The van der Waals surface area contributed by atoms with E-state index in [4.69, 9.17) is 4.74 Å². The molecule has 0 bridgehead atoms. The molecule has 0 saturated carbocycles. The minimum Gasteiger partial charge on any atom is -0.457 e. The first-order valence-electron chi connectivity index (χ1n) is 9.66. The Hall–Kier alpha value is -2.60. The molecule has 5 heteroatoms. The van der Waals surface area contributed by atoms with Crippen LogP contribution in [0.3, 0.4) is 0 Å². The van der Waals surface area contributed by atoms with Crippen LogP contribution in [0.1, 0.15) is 18.1 Å². The molecule has 4 rings (SSSR count). The molecule has 2 atom stereocenters. The van der Waals surface area contributed by atoms with E-state index in [0.29, 0.717) is 6.54 Å². The maximum absolute atomic E-state index is 10.5. The summed E-state index contributed by atoms with van der Waals surface area (Å²) in [6.07, 6.45) is 5.30. The van der Waals surface area contributed by atoms with Gasteiger partial charge in [-0.25, -0.2) is 0 Å². The number of para-hydroxylation sites is 1. The van der Waals surface area contributed by atoms with E-state index in [1.54, 1.807) is 0 Å². The lowest BCUT2D eigenvalue weighted by atomic mass is 9.89. The molecule has 2 unspecified atom stereocenters. The van der Waals surface area contributed by atoms with Gasteiger partial charge in [0.25, 0.3) is 0 Å². The van der Waals surface area contributed by atoms with Gasteiger partial charge in [-0.2, -0.15) is 0 Å². The number of hydrogen-bond acceptors (Lipinski definition) is 5. The van der Waals surface area contributed by atoms with Gasteiger partial charge in [0.05, 0.1) is 5.54 Å². The number of rotatable bonds is 5. The van der Waals surface area contributed by atoms with Crippen molar-refractivity contribution in [1.29, 1.82) is 0 Å². The van der Waals surface area contributed by atoms with Gasteiger partial charge in [-0.3, -0.25) is 5.32 Å². The number of aryl methyl sites for hydroxylation is 1. The number of hydrogen-bond donors (Lipinski definition) is 3. The second-order valence-corrected chi connectivity index (χ2v) is 7.55. The molecule has 146 valence electrons. The topological polar surface area (TPSA) is 56.8 Å². The average molecular weight is 377 g/mol. The van der Waals surface area contributed by atoms with Crippen molar-refractivity contribution in [3.05, 3.63) is 83.6 Å². The molecule has 1 fully saturated rings. The zero-order valence-electron chi connectivity index (χ0n) is 16.4. The number of ether oxygens (including phenoxy) is 1. The fourth-order valence-corrected chi connectivity index (χ4v) is 3.80. The standard InChI is InChI=1S/C23H27N3O2/c1-17-6-3-4-8-21(17)28-20-11-9-19(10-12-20)23(14-24-16-25-23)15-26-13-5-7-18(2)22(26)27/h3-13,22,24-25,27H,14-16H2,1-2H3. The van der Waals surface area contributed by atoms with Crippen LogP contribution in [-0.4, -0.2) is 36.0 Å². The Bertz CT molecular complexity index is 883. The molecule has 2 aliphatic rings. The number of aliphatic hydroxyl groups excluding tert-OH is 1. The average Bonchev–Trinajstić information content (AvgIpc) is 3.18. The summed E-state index contributed by atoms with van der Waals surface area (Å²) in [5, 5.41) is 17.5. The van der Waals surface area contributed by atoms with Gasteiger partial charge in [-0.15, -0.1) is 0 Å². The van der Waals surface area contributed by atoms with E-state index in [-0.39, 0.29) is 5.54 Å². The van der Waals surface area contributed by atoms with Gasteiger partial charge < -0.3 is 20.1 Å². The summed E-state index contributed by atoms with van der Waals surface area (Å²) in [5.41, 5.74) is 2.96. The highest BCUT2D eigenvalue weighted by atomic mass is 16.5. The third-order valence-electron chi connectivity index (χ3n) is 5.52. The van der Waals surface area contributed by atoms with E-state index in [9.17, 15) is 5.11 Å². The van der Waals surface area contributed by atoms with Crippen LogP contribution in [0.15, 0.2) is 72.5 Å². The van der Waals surface area contributed by atoms with E-state index < -0.39 is 6.23 Å². The molecule has 3 N–H and O–H groups in total. The van der Waals surface area contributed by atoms with E-state index in [2.05, 4.69) is 22.8 Å². The summed E-state index contributed by atoms with van der Waals surface area (Å²) < 4.78 is 6.04. The van der Waals surface area contributed by atoms with Crippen LogP contribution in [0, 0.1) is 6.92 Å². The molecule has 2 aromatic rings. The molecular formula is C23H27N3O2. The lowest BCUT2D eigenvalue weighted by Gasteiger charge is -2.38. The highest BCUT2D eigenvalue weighted by Crippen LogP contribution is 2.30. The summed E-state index contributed by atoms with van der Waals surface area (Å²) in [7, 11) is 0. The molecule has 2 heterocycles. The monoisotopic (exact) mass is 377 g/mol. The van der Waals surface area contributed by atoms with Crippen LogP contribution in [0.5, 0.6) is 11.5 Å². The fourth-order valence-electron chi connectivity index (χ4n) is 3.80. The Morgan fingerprint density at radius 2 is 1.93 bits per heavy atom. The van der Waals surface area contributed by atoms with Crippen molar-refractivity contribution in [2.24, 2.45) is 0 Å². The third-order valence-corrected chi connectivity index (χ3v) is 5.52. The van der Waals surface area contributed by atoms with Gasteiger partial charge in [0.15, 0.2) is 0 Å². The van der Waals surface area contributed by atoms with Gasteiger partial charge in [0.2, 0.25) is 0 Å². The molecule has 0 aliphatic carbocycles. The molecular weight excluding hydrogens is 350 g/mol. The molecule has 0 aromatic heterocycles. The summed E-state index contributed by atoms with van der Waals surface area (Å²) in [6.45, 7) is 6.20. The van der Waals surface area contributed by atoms with E-state index in [0.717, 1.165) is 35.8 Å². The van der Waals surface area contributed by atoms with Crippen molar-refractivity contribution < 1.29 is 9.84 Å². The smallest absolute Gasteiger partial charge is 0.148 e. The summed E-state index contributed by atoms with van der Waals surface area (Å²) in [6, 6.07) is 16.2. The van der Waals surface area contributed by atoms with Gasteiger partial charge >= 0.3 is 0 Å². The molecule has 28 heavy (non-hydrogen) atoms. The first kappa shape index (κ1) is 18.7. The van der Waals surface area contributed by atoms with Crippen LogP contribution in [0.25, 0.3) is 0 Å². The van der Waals surface area contributed by atoms with Crippen molar-refractivity contribution in [2.75, 3.05) is 19.8 Å². The largest absolute Gasteiger partial charge is 0.457 e. The first-order valence-corrected chi connectivity index (χ1v) is 9.66. The normalized spacial score (nSPS) is 24.3. The van der Waals surface area contributed by atoms with Crippen LogP contribution in [0.4, 0.5) is 0 Å². The van der Waals surface area contributed by atoms with Crippen LogP contribution >= 0.6 is 0 Å². The molecule has 0 amide bonds. The highest BCUT2D eigenvalue weighted by molar-refractivity contribution is 5.39. The van der Waals surface area contributed by atoms with Crippen molar-refractivity contribution in [1.82, 2.24) is 15.5 Å². The van der Waals surface area contributed by atoms with Crippen molar-refractivity contribution in [2.45, 2.75) is 25.6 Å². The Morgan fingerprint density at radius 3 is 2.64 bits per heavy atom. The minimum atomic E-state index is -0.590. The number of allylic oxidation sites excluding steroid dienone is 2. The predicted octanol–water partition coefficient (Wildman–Crippen LogP) is 3.23. The van der Waals surface area contributed by atoms with E-state index >= 15 is 0 Å². The van der Waals surface area contributed by atoms with Crippen LogP contribution in [-0.2, 0) is 5.54 Å². The zero-order chi connectivity index (χ0) is 19.6. The lowest BCUT2D eigenvalue weighted by molar-refractivity contribution is 0.0488. The number of nitrogens with zero attached hydrogens (tertiary/aromatic N) is 1. The summed E-state index contributed by atoms with van der Waals surface area (Å²) in [5.74, 6) is 1.69. The van der Waals surface area contributed by atoms with Crippen molar-refractivity contribution >= 4 is 0 Å². The van der Waals surface area contributed by atoms with Gasteiger partial charge in [-0.05, 0) is 54.8 Å². The second-order valence-electron chi connectivity index (χ2n) is 7.55. The van der Waals surface area contributed by atoms with Gasteiger partial charge in [0, 0.05) is 26.0 Å². The molecule has 1 saturated heterocycles. The fraction of sp³-hybridized carbons (Fsp3) is 0.304. The van der Waals surface area contributed by atoms with Crippen LogP contribution < -0.4 is 15.4 Å². The lowest BCUT2D eigenvalue weighted by Crippen LogP contribution is -2.51. The summed E-state index contributed by atoms with van der Waals surface area (Å²) in [4.78, 5) is 1.98. The van der Waals surface area contributed by atoms with Gasteiger partial charge in [0.1, 0.15) is 17.7 Å². The second kappa shape index (κ2) is 7.80. The number of benzene rings is 2. The zero-order valence-corrected chi connectivity index (χ0v) is 16.4. The highest BCUT2D eigenvalue weighted by Gasteiger charge is 2.38. The van der Waals surface area contributed by atoms with E-state index in [1.807, 2.05) is 73.5 Å². The Balaban J connectivity index is 1.54. The Labute approximate surface area is 166 Å². The molecule has 0 radical (unpaired) electrons. The van der Waals surface area contributed by atoms with Crippen molar-refractivity contribution in [3.63, 3.8) is 0 Å². The SMILES string of the molecule is CC1=CC=CN(CC2(c3ccc(Oc4ccccc4C)cc3)CNCN2)C1O. The maximum Gasteiger partial charge on any atom is 0.148 e. The maximum atomic E-state index is 10.5. The Kier molecular flexibility index (Phi) is 5.22. The Morgan fingerprint density at radius 1 is 1.14 bits per heavy atom.